The van der Waals surface area contributed by atoms with Gasteiger partial charge in [-0.05, 0) is 6.92 Å². The summed E-state index contributed by atoms with van der Waals surface area (Å²) in [6, 6.07) is 0. The van der Waals surface area contributed by atoms with E-state index in [0.29, 0.717) is 0 Å². The first-order chi connectivity index (χ1) is 5.08. The van der Waals surface area contributed by atoms with Gasteiger partial charge in [-0.15, -0.1) is 0 Å². The van der Waals surface area contributed by atoms with Crippen molar-refractivity contribution < 1.29 is 9.90 Å². The quantitative estimate of drug-likeness (QED) is 0.671. The van der Waals surface area contributed by atoms with E-state index in [1.54, 1.807) is 0 Å². The van der Waals surface area contributed by atoms with Crippen LogP contribution in [0.5, 0.6) is 0 Å². The molecule has 0 aliphatic carbocycles. The molecule has 0 rings (SSSR count). The molecule has 0 unspecified atom stereocenters. The molecule has 0 aliphatic heterocycles. The van der Waals surface area contributed by atoms with Crippen molar-refractivity contribution in [1.82, 2.24) is 0 Å². The first kappa shape index (κ1) is 13.6. The molecule has 0 saturated carbocycles. The van der Waals surface area contributed by atoms with Gasteiger partial charge >= 0.3 is 50.9 Å². The molecule has 0 atom stereocenters. The van der Waals surface area contributed by atoms with E-state index < -0.39 is 20.3 Å². The minimum atomic E-state index is -1.08. The van der Waals surface area contributed by atoms with Crippen molar-refractivity contribution in [3.63, 3.8) is 0 Å². The van der Waals surface area contributed by atoms with Gasteiger partial charge in [-0.3, -0.25) is 0 Å². The van der Waals surface area contributed by atoms with Crippen molar-refractivity contribution in [2.24, 2.45) is 0 Å². The zero-order valence-corrected chi connectivity index (χ0v) is 10.0. The van der Waals surface area contributed by atoms with Gasteiger partial charge in [-0.25, -0.2) is 0 Å². The number of rotatable bonds is 3. The van der Waals surface area contributed by atoms with Crippen LogP contribution in [0, 0.1) is 0 Å². The van der Waals surface area contributed by atoms with Gasteiger partial charge in [0.15, 0.2) is 0 Å². The fourth-order valence-electron chi connectivity index (χ4n) is 0.750. The molecule has 0 aromatic carbocycles. The van der Waals surface area contributed by atoms with Gasteiger partial charge in [0.25, 0.3) is 0 Å². The third-order valence-corrected chi connectivity index (χ3v) is 7.79. The molecule has 0 amide bonds. The Balaban J connectivity index is 0. The van der Waals surface area contributed by atoms with E-state index in [2.05, 4.69) is 20.8 Å². The van der Waals surface area contributed by atoms with Gasteiger partial charge in [0.2, 0.25) is 0 Å². The number of carboxylic acid groups (broad SMARTS) is 1. The van der Waals surface area contributed by atoms with E-state index in [4.69, 9.17) is 9.90 Å². The summed E-state index contributed by atoms with van der Waals surface area (Å²) in [5.41, 5.74) is 0. The van der Waals surface area contributed by atoms with E-state index in [-0.39, 0.29) is 0 Å². The number of hydrogen-bond donors (Lipinski definition) is 0. The molecule has 0 aromatic rings. The van der Waals surface area contributed by atoms with Crippen LogP contribution >= 0.6 is 0 Å². The van der Waals surface area contributed by atoms with Crippen LogP contribution in [0.1, 0.15) is 27.7 Å². The first-order valence-electron chi connectivity index (χ1n) is 4.09. The molecule has 0 aromatic heterocycles. The zero-order chi connectivity index (χ0) is 9.28. The molecule has 0 aliphatic rings. The van der Waals surface area contributed by atoms with Crippen molar-refractivity contribution in [3.05, 3.63) is 0 Å². The average Bonchev–Trinajstić information content (AvgIpc) is 1.90. The zero-order valence-electron chi connectivity index (χ0n) is 7.94. The minimum absolute atomic E-state index is 0.403. The number of carboxylic acids is 1. The molecule has 2 nitrogen and oxygen atoms in total. The summed E-state index contributed by atoms with van der Waals surface area (Å²) in [4.78, 5) is 8.89. The number of carbonyl (C=O) groups is 1. The van der Waals surface area contributed by atoms with Gasteiger partial charge in [-0.2, -0.15) is 0 Å². The van der Waals surface area contributed by atoms with Crippen LogP contribution in [0.15, 0.2) is 0 Å². The van der Waals surface area contributed by atoms with Crippen LogP contribution in [-0.4, -0.2) is 20.3 Å². The third kappa shape index (κ3) is 17.8. The summed E-state index contributed by atoms with van der Waals surface area (Å²) in [6.45, 7) is 7.98. The number of aliphatic carboxylic acids is 1. The van der Waals surface area contributed by atoms with Gasteiger partial charge in [0, 0.05) is 5.97 Å². The van der Waals surface area contributed by atoms with Crippen LogP contribution < -0.4 is 5.11 Å². The summed E-state index contributed by atoms with van der Waals surface area (Å²) in [7, 11) is 0. The summed E-state index contributed by atoms with van der Waals surface area (Å²) < 4.78 is 0. The average molecular weight is 219 g/mol. The fourth-order valence-corrected chi connectivity index (χ4v) is 3.90. The Hall–Kier alpha value is 0.0129. The SMILES string of the molecule is CC(=O)[O-].C[CH2][Ge]([CH2]C)[CH2]C. The second-order valence-corrected chi connectivity index (χ2v) is 9.90. The topological polar surface area (TPSA) is 40.1 Å². The Morgan fingerprint density at radius 3 is 1.36 bits per heavy atom. The van der Waals surface area contributed by atoms with Crippen LogP contribution in [0.2, 0.25) is 15.8 Å². The molecule has 0 saturated heterocycles. The van der Waals surface area contributed by atoms with Crippen molar-refractivity contribution in [1.29, 1.82) is 0 Å². The maximum absolute atomic E-state index is 8.89. The van der Waals surface area contributed by atoms with Crippen molar-refractivity contribution in [2.45, 2.75) is 43.5 Å². The molecular weight excluding hydrogens is 201 g/mol. The molecule has 1 radical (unpaired) electrons. The predicted octanol–water partition coefficient (Wildman–Crippen LogP) is 1.30. The molecule has 11 heavy (non-hydrogen) atoms. The maximum atomic E-state index is 8.89. The van der Waals surface area contributed by atoms with E-state index in [0.717, 1.165) is 6.92 Å². The molecule has 0 spiro atoms. The molecule has 0 heterocycles. The number of carbonyl (C=O) groups excluding carboxylic acids is 1. The molecular formula is C8H18GeO2-. The molecule has 0 fully saturated rings. The van der Waals surface area contributed by atoms with Crippen LogP contribution in [0.4, 0.5) is 0 Å². The first-order valence-corrected chi connectivity index (χ1v) is 8.54. The Morgan fingerprint density at radius 1 is 1.18 bits per heavy atom. The van der Waals surface area contributed by atoms with Crippen molar-refractivity contribution >= 4 is 20.3 Å². The Bertz CT molecular complexity index is 80.6. The van der Waals surface area contributed by atoms with Gasteiger partial charge in [-0.1, -0.05) is 0 Å². The second kappa shape index (κ2) is 10.0. The Morgan fingerprint density at radius 2 is 1.36 bits per heavy atom. The summed E-state index contributed by atoms with van der Waals surface area (Å²) in [6.07, 6.45) is 0. The number of hydrogen-bond acceptors (Lipinski definition) is 2. The third-order valence-electron chi connectivity index (χ3n) is 1.50. The standard InChI is InChI=1S/C6H15Ge.C2H4O2/c1-4-7(5-2)6-3;1-2(3)4/h4-6H2,1-3H3;1H3,(H,3,4)/p-1. The molecule has 0 bridgehead atoms. The van der Waals surface area contributed by atoms with Crippen LogP contribution in [0.25, 0.3) is 0 Å². The summed E-state index contributed by atoms with van der Waals surface area (Å²) in [5.74, 6) is -1.08. The Kier molecular flexibility index (Phi) is 12.4. The van der Waals surface area contributed by atoms with Crippen LogP contribution in [-0.2, 0) is 4.79 Å². The summed E-state index contributed by atoms with van der Waals surface area (Å²) >= 11 is -0.403. The molecule has 3 heteroatoms. The van der Waals surface area contributed by atoms with Crippen LogP contribution in [0.3, 0.4) is 0 Å². The van der Waals surface area contributed by atoms with Crippen molar-refractivity contribution in [3.8, 4) is 0 Å². The summed E-state index contributed by atoms with van der Waals surface area (Å²) in [5, 5.41) is 13.5. The molecule has 67 valence electrons. The van der Waals surface area contributed by atoms with Crippen molar-refractivity contribution in [2.75, 3.05) is 0 Å². The van der Waals surface area contributed by atoms with Gasteiger partial charge in [0.1, 0.15) is 0 Å². The second-order valence-electron chi connectivity index (χ2n) is 2.30. The van der Waals surface area contributed by atoms with E-state index in [1.807, 2.05) is 0 Å². The normalized spacial score (nSPS) is 8.82. The molecule has 0 N–H and O–H groups in total. The van der Waals surface area contributed by atoms with E-state index in [1.165, 1.54) is 15.8 Å². The predicted molar refractivity (Wildman–Crippen MR) is 47.9 cm³/mol. The monoisotopic (exact) mass is 220 g/mol. The van der Waals surface area contributed by atoms with E-state index >= 15 is 0 Å². The van der Waals surface area contributed by atoms with Gasteiger partial charge in [0.05, 0.1) is 0 Å². The van der Waals surface area contributed by atoms with E-state index in [9.17, 15) is 0 Å². The Labute approximate surface area is 74.1 Å². The fraction of sp³-hybridized carbons (Fsp3) is 0.875. The van der Waals surface area contributed by atoms with Gasteiger partial charge < -0.3 is 9.90 Å².